The maximum Gasteiger partial charge on any atom is 0.358 e. The number of furan rings is 1. The van der Waals surface area contributed by atoms with E-state index in [1.165, 1.54) is 18.4 Å². The van der Waals surface area contributed by atoms with Crippen LogP contribution >= 0.6 is 11.3 Å². The van der Waals surface area contributed by atoms with Gasteiger partial charge in [0.25, 0.3) is 0 Å². The van der Waals surface area contributed by atoms with Crippen LogP contribution in [0.3, 0.4) is 0 Å². The quantitative estimate of drug-likeness (QED) is 0.787. The predicted octanol–water partition coefficient (Wildman–Crippen LogP) is 3.06. The van der Waals surface area contributed by atoms with E-state index in [1.54, 1.807) is 0 Å². The van der Waals surface area contributed by atoms with Gasteiger partial charge in [0.15, 0.2) is 5.69 Å². The van der Waals surface area contributed by atoms with Crippen molar-refractivity contribution in [2.75, 3.05) is 7.11 Å². The third-order valence-corrected chi connectivity index (χ3v) is 3.33. The number of methoxy groups -OCH3 is 1. The fraction of sp³-hybridized carbons (Fsp3) is 0.333. The summed E-state index contributed by atoms with van der Waals surface area (Å²) in [6.07, 6.45) is 0.825. The van der Waals surface area contributed by atoms with E-state index in [9.17, 15) is 4.79 Å². The Morgan fingerprint density at radius 1 is 1.53 bits per heavy atom. The molecule has 2 aromatic heterocycles. The minimum Gasteiger partial charge on any atom is -0.464 e. The first kappa shape index (κ1) is 11.9. The molecule has 0 fully saturated rings. The van der Waals surface area contributed by atoms with Crippen LogP contribution in [0.25, 0.3) is 10.6 Å². The number of hydrogen-bond acceptors (Lipinski definition) is 5. The molecule has 0 saturated carbocycles. The fourth-order valence-electron chi connectivity index (χ4n) is 1.52. The third kappa shape index (κ3) is 2.24. The van der Waals surface area contributed by atoms with Gasteiger partial charge in [-0.1, -0.05) is 6.92 Å². The number of ether oxygens (including phenoxy) is 1. The Morgan fingerprint density at radius 2 is 2.29 bits per heavy atom. The summed E-state index contributed by atoms with van der Waals surface area (Å²) in [5.41, 5.74) is 0.326. The van der Waals surface area contributed by atoms with Gasteiger partial charge in [-0.05, 0) is 19.1 Å². The third-order valence-electron chi connectivity index (χ3n) is 2.35. The smallest absolute Gasteiger partial charge is 0.358 e. The lowest BCUT2D eigenvalue weighted by Gasteiger charge is -1.97. The zero-order valence-corrected chi connectivity index (χ0v) is 10.8. The van der Waals surface area contributed by atoms with Gasteiger partial charge in [0.1, 0.15) is 16.4 Å². The van der Waals surface area contributed by atoms with E-state index in [0.29, 0.717) is 11.5 Å². The Kier molecular flexibility index (Phi) is 3.28. The summed E-state index contributed by atoms with van der Waals surface area (Å²) in [5, 5.41) is 0.815. The Morgan fingerprint density at radius 3 is 2.88 bits per heavy atom. The molecule has 0 bridgehead atoms. The van der Waals surface area contributed by atoms with Crippen LogP contribution in [0.5, 0.6) is 0 Å². The molecule has 0 radical (unpaired) electrons. The van der Waals surface area contributed by atoms with Crippen molar-refractivity contribution in [2.45, 2.75) is 20.3 Å². The summed E-state index contributed by atoms with van der Waals surface area (Å²) < 4.78 is 10.3. The average Bonchev–Trinajstić information content (AvgIpc) is 2.93. The van der Waals surface area contributed by atoms with E-state index in [1.807, 2.05) is 26.0 Å². The number of nitrogens with zero attached hydrogens (tertiary/aromatic N) is 1. The molecular formula is C12H13NO3S. The van der Waals surface area contributed by atoms with Crippen molar-refractivity contribution in [2.24, 2.45) is 0 Å². The Bertz CT molecular complexity index is 542. The first-order valence-corrected chi connectivity index (χ1v) is 6.12. The molecule has 0 N–H and O–H groups in total. The minimum absolute atomic E-state index is 0.326. The molecule has 0 aliphatic rings. The number of carbonyl (C=O) groups excluding carboxylic acids is 1. The van der Waals surface area contributed by atoms with Crippen molar-refractivity contribution in [3.8, 4) is 10.6 Å². The van der Waals surface area contributed by atoms with E-state index < -0.39 is 5.97 Å². The van der Waals surface area contributed by atoms with E-state index >= 15 is 0 Å². The molecule has 4 nitrogen and oxygen atoms in total. The molecule has 0 unspecified atom stereocenters. The van der Waals surface area contributed by atoms with Crippen LogP contribution in [0.2, 0.25) is 0 Å². The molecule has 0 aliphatic heterocycles. The van der Waals surface area contributed by atoms with Crippen LogP contribution in [0, 0.1) is 6.92 Å². The molecule has 2 rings (SSSR count). The Labute approximate surface area is 103 Å². The summed E-state index contributed by atoms with van der Waals surface area (Å²) in [5.74, 6) is 1.13. The van der Waals surface area contributed by atoms with Gasteiger partial charge < -0.3 is 9.15 Å². The number of aromatic nitrogens is 1. The lowest BCUT2D eigenvalue weighted by atomic mass is 10.3. The molecule has 0 spiro atoms. The normalized spacial score (nSPS) is 10.5. The molecule has 2 aromatic rings. The van der Waals surface area contributed by atoms with Crippen LogP contribution in [-0.2, 0) is 11.2 Å². The van der Waals surface area contributed by atoms with Crippen LogP contribution in [-0.4, -0.2) is 18.1 Å². The van der Waals surface area contributed by atoms with Crippen molar-refractivity contribution in [1.82, 2.24) is 4.98 Å². The van der Waals surface area contributed by atoms with Gasteiger partial charge in [-0.25, -0.2) is 9.78 Å². The van der Waals surface area contributed by atoms with E-state index in [4.69, 9.17) is 9.15 Å². The summed E-state index contributed by atoms with van der Waals surface area (Å²) in [6.45, 7) is 3.87. The fourth-order valence-corrected chi connectivity index (χ4v) is 2.39. The zero-order valence-electron chi connectivity index (χ0n) is 9.94. The molecule has 2 heterocycles. The van der Waals surface area contributed by atoms with Crippen LogP contribution in [0.1, 0.15) is 28.2 Å². The van der Waals surface area contributed by atoms with Gasteiger partial charge in [0.2, 0.25) is 0 Å². The lowest BCUT2D eigenvalue weighted by molar-refractivity contribution is 0.0595. The van der Waals surface area contributed by atoms with Gasteiger partial charge in [-0.2, -0.15) is 0 Å². The van der Waals surface area contributed by atoms with Gasteiger partial charge in [-0.15, -0.1) is 11.3 Å². The molecule has 90 valence electrons. The van der Waals surface area contributed by atoms with Gasteiger partial charge in [0.05, 0.1) is 12.1 Å². The van der Waals surface area contributed by atoms with Crippen molar-refractivity contribution >= 4 is 17.3 Å². The lowest BCUT2D eigenvalue weighted by Crippen LogP contribution is -2.03. The predicted molar refractivity (Wildman–Crippen MR) is 65.3 cm³/mol. The van der Waals surface area contributed by atoms with Crippen molar-refractivity contribution in [3.63, 3.8) is 0 Å². The SMILES string of the molecule is CCc1ccc(-c2sc(C)nc2C(=O)OC)o1. The molecule has 0 aromatic carbocycles. The van der Waals surface area contributed by atoms with E-state index in [2.05, 4.69) is 4.98 Å². The van der Waals surface area contributed by atoms with Crippen molar-refractivity contribution < 1.29 is 13.9 Å². The molecule has 17 heavy (non-hydrogen) atoms. The van der Waals surface area contributed by atoms with Crippen LogP contribution in [0.15, 0.2) is 16.5 Å². The molecular weight excluding hydrogens is 238 g/mol. The highest BCUT2D eigenvalue weighted by molar-refractivity contribution is 7.15. The Hall–Kier alpha value is -1.62. The molecule has 0 amide bonds. The van der Waals surface area contributed by atoms with E-state index in [-0.39, 0.29) is 0 Å². The van der Waals surface area contributed by atoms with Crippen molar-refractivity contribution in [1.29, 1.82) is 0 Å². The highest BCUT2D eigenvalue weighted by atomic mass is 32.1. The summed E-state index contributed by atoms with van der Waals surface area (Å²) in [7, 11) is 1.35. The monoisotopic (exact) mass is 251 g/mol. The topological polar surface area (TPSA) is 52.3 Å². The van der Waals surface area contributed by atoms with E-state index in [0.717, 1.165) is 22.1 Å². The molecule has 0 atom stereocenters. The van der Waals surface area contributed by atoms with Gasteiger partial charge >= 0.3 is 5.97 Å². The van der Waals surface area contributed by atoms with Crippen molar-refractivity contribution in [3.05, 3.63) is 28.6 Å². The van der Waals surface area contributed by atoms with Gasteiger partial charge in [0, 0.05) is 6.42 Å². The zero-order chi connectivity index (χ0) is 12.4. The number of thiazole rings is 1. The van der Waals surface area contributed by atoms with Gasteiger partial charge in [-0.3, -0.25) is 0 Å². The number of hydrogen-bond donors (Lipinski definition) is 0. The number of rotatable bonds is 3. The summed E-state index contributed by atoms with van der Waals surface area (Å²) >= 11 is 1.43. The number of aryl methyl sites for hydroxylation is 2. The molecule has 5 heteroatoms. The second kappa shape index (κ2) is 4.71. The largest absolute Gasteiger partial charge is 0.464 e. The minimum atomic E-state index is -0.432. The standard InChI is InChI=1S/C12H13NO3S/c1-4-8-5-6-9(16-8)11-10(12(14)15-3)13-7(2)17-11/h5-6H,4H2,1-3H3. The van der Waals surface area contributed by atoms with Crippen LogP contribution < -0.4 is 0 Å². The van der Waals surface area contributed by atoms with Crippen LogP contribution in [0.4, 0.5) is 0 Å². The molecule has 0 aliphatic carbocycles. The average molecular weight is 251 g/mol. The first-order chi connectivity index (χ1) is 8.15. The maximum atomic E-state index is 11.6. The second-order valence-corrected chi connectivity index (χ2v) is 4.72. The second-order valence-electron chi connectivity index (χ2n) is 3.52. The summed E-state index contributed by atoms with van der Waals surface area (Å²) in [4.78, 5) is 16.5. The Balaban J connectivity index is 2.47. The molecule has 0 saturated heterocycles. The highest BCUT2D eigenvalue weighted by Crippen LogP contribution is 2.32. The highest BCUT2D eigenvalue weighted by Gasteiger charge is 2.20. The number of carbonyl (C=O) groups is 1. The summed E-state index contributed by atoms with van der Waals surface area (Å²) in [6, 6.07) is 3.77. The number of esters is 1. The maximum absolute atomic E-state index is 11.6. The first-order valence-electron chi connectivity index (χ1n) is 5.30.